The van der Waals surface area contributed by atoms with Crippen molar-refractivity contribution >= 4 is 40.7 Å². The number of hydrogen-bond donors (Lipinski definition) is 6. The molecule has 35 heavy (non-hydrogen) atoms. The van der Waals surface area contributed by atoms with E-state index in [1.54, 1.807) is 25.1 Å². The topological polar surface area (TPSA) is 208 Å². The lowest BCUT2D eigenvalue weighted by atomic mass is 9.59. The number of nitrogens with one attached hydrogen (secondary N) is 1. The van der Waals surface area contributed by atoms with Crippen LogP contribution >= 0.6 is 0 Å². The molecule has 4 rings (SSSR count). The lowest BCUT2D eigenvalue weighted by Gasteiger charge is -2.46. The maximum Gasteiger partial charge on any atom is 0.255 e. The average molecular weight is 484 g/mol. The van der Waals surface area contributed by atoms with Gasteiger partial charge in [-0.1, -0.05) is 0 Å². The van der Waals surface area contributed by atoms with Crippen molar-refractivity contribution < 1.29 is 39.9 Å². The van der Waals surface area contributed by atoms with Crippen LogP contribution in [-0.2, 0) is 20.8 Å². The molecule has 0 aliphatic heterocycles. The molecule has 0 spiro atoms. The highest BCUT2D eigenvalue weighted by Gasteiger charge is 2.60. The van der Waals surface area contributed by atoms with Crippen LogP contribution < -0.4 is 10.6 Å². The van der Waals surface area contributed by atoms with Crippen molar-refractivity contribution in [3.05, 3.63) is 45.9 Å². The zero-order valence-electron chi connectivity index (χ0n) is 19.0. The van der Waals surface area contributed by atoms with Gasteiger partial charge in [0.05, 0.1) is 11.1 Å². The highest BCUT2D eigenvalue weighted by Crippen LogP contribution is 2.53. The third-order valence-electron chi connectivity index (χ3n) is 7.14. The SMILES string of the molecule is CN(C)c1cc(/C(C=N)=C/[OH2+])c(O)c2c1CC1CC3CC(=O)C(C(N)=O)=C(O)[C@@]3(O)C(=O)C1=C2O. The number of phenols is 1. The van der Waals surface area contributed by atoms with Crippen molar-refractivity contribution in [2.24, 2.45) is 17.6 Å². The first-order chi connectivity index (χ1) is 16.4. The van der Waals surface area contributed by atoms with Crippen molar-refractivity contribution in [1.29, 1.82) is 5.41 Å². The molecular formula is C24H26N3O8+. The number of ketones is 2. The number of aliphatic hydroxyl groups is 3. The number of rotatable bonds is 4. The number of carbonyl (C=O) groups is 3. The Morgan fingerprint density at radius 3 is 2.46 bits per heavy atom. The fraction of sp³-hybridized carbons (Fsp3) is 0.333. The van der Waals surface area contributed by atoms with E-state index >= 15 is 0 Å². The predicted octanol–water partition coefficient (Wildman–Crippen LogP) is 0.205. The van der Waals surface area contributed by atoms with Crippen LogP contribution in [0.3, 0.4) is 0 Å². The molecule has 11 heteroatoms. The van der Waals surface area contributed by atoms with Crippen molar-refractivity contribution in [2.45, 2.75) is 24.9 Å². The van der Waals surface area contributed by atoms with Crippen LogP contribution in [0.25, 0.3) is 11.3 Å². The summed E-state index contributed by atoms with van der Waals surface area (Å²) in [4.78, 5) is 39.5. The molecule has 0 saturated heterocycles. The molecule has 1 fully saturated rings. The van der Waals surface area contributed by atoms with Crippen LogP contribution in [0.1, 0.15) is 29.5 Å². The van der Waals surface area contributed by atoms with Crippen LogP contribution in [0, 0.1) is 17.2 Å². The van der Waals surface area contributed by atoms with Gasteiger partial charge in [0.25, 0.3) is 5.91 Å². The minimum Gasteiger partial charge on any atom is -0.598 e. The number of hydrogen-bond acceptors (Lipinski definition) is 9. The van der Waals surface area contributed by atoms with E-state index in [0.717, 1.165) is 12.5 Å². The van der Waals surface area contributed by atoms with Gasteiger partial charge < -0.3 is 41.6 Å². The Bertz CT molecular complexity index is 1310. The molecule has 9 N–H and O–H groups in total. The normalized spacial score (nSPS) is 26.2. The molecular weight excluding hydrogens is 458 g/mol. The zero-order valence-corrected chi connectivity index (χ0v) is 19.0. The Morgan fingerprint density at radius 1 is 1.26 bits per heavy atom. The summed E-state index contributed by atoms with van der Waals surface area (Å²) in [5, 5.41) is 59.4. The number of anilines is 1. The molecule has 3 atom stereocenters. The monoisotopic (exact) mass is 484 g/mol. The van der Waals surface area contributed by atoms with Crippen molar-refractivity contribution in [2.75, 3.05) is 19.0 Å². The smallest absolute Gasteiger partial charge is 0.255 e. The van der Waals surface area contributed by atoms with Gasteiger partial charge in [0, 0.05) is 49.5 Å². The highest BCUT2D eigenvalue weighted by atomic mass is 16.3. The summed E-state index contributed by atoms with van der Waals surface area (Å²) in [6, 6.07) is 1.58. The number of Topliss-reactive ketones (excluding diaryl/α,β-unsaturated/α-hetero) is 2. The summed E-state index contributed by atoms with van der Waals surface area (Å²) >= 11 is 0. The molecule has 0 bridgehead atoms. The largest absolute Gasteiger partial charge is 0.598 e. The number of aliphatic hydroxyl groups excluding tert-OH is 2. The molecule has 11 nitrogen and oxygen atoms in total. The molecule has 2 unspecified atom stereocenters. The van der Waals surface area contributed by atoms with Gasteiger partial charge in [0.1, 0.15) is 22.8 Å². The summed E-state index contributed by atoms with van der Waals surface area (Å²) in [6.07, 6.45) is 1.56. The predicted molar refractivity (Wildman–Crippen MR) is 126 cm³/mol. The van der Waals surface area contributed by atoms with Crippen LogP contribution in [0.5, 0.6) is 5.75 Å². The van der Waals surface area contributed by atoms with Gasteiger partial charge in [-0.2, -0.15) is 0 Å². The third-order valence-corrected chi connectivity index (χ3v) is 7.14. The van der Waals surface area contributed by atoms with E-state index in [-0.39, 0.29) is 41.5 Å². The Morgan fingerprint density at radius 2 is 1.91 bits per heavy atom. The highest BCUT2D eigenvalue weighted by molar-refractivity contribution is 6.23. The van der Waals surface area contributed by atoms with Gasteiger partial charge in [-0.15, -0.1) is 0 Å². The molecule has 0 aromatic heterocycles. The van der Waals surface area contributed by atoms with E-state index in [4.69, 9.17) is 16.2 Å². The molecule has 1 aromatic rings. The number of amides is 1. The van der Waals surface area contributed by atoms with Crippen LogP contribution in [0.2, 0.25) is 0 Å². The number of nitrogens with zero attached hydrogens (tertiary/aromatic N) is 1. The van der Waals surface area contributed by atoms with Gasteiger partial charge >= 0.3 is 0 Å². The molecule has 1 saturated carbocycles. The number of nitrogens with two attached hydrogens (primary N) is 1. The second-order valence-corrected chi connectivity index (χ2v) is 9.19. The van der Waals surface area contributed by atoms with E-state index < -0.39 is 57.8 Å². The van der Waals surface area contributed by atoms with Gasteiger partial charge in [-0.3, -0.25) is 14.4 Å². The van der Waals surface area contributed by atoms with Crippen molar-refractivity contribution in [1.82, 2.24) is 0 Å². The quantitative estimate of drug-likeness (QED) is 0.150. The summed E-state index contributed by atoms with van der Waals surface area (Å²) in [5.41, 5.74) is 2.62. The Labute approximate surface area is 199 Å². The van der Waals surface area contributed by atoms with Gasteiger partial charge in [-0.05, 0) is 30.4 Å². The molecule has 3 aliphatic rings. The lowest BCUT2D eigenvalue weighted by molar-refractivity contribution is -0.147. The summed E-state index contributed by atoms with van der Waals surface area (Å²) in [7, 11) is 3.47. The maximum absolute atomic E-state index is 13.6. The third kappa shape index (κ3) is 3.15. The Hall–Kier alpha value is -4.12. The minimum absolute atomic E-state index is 0.0384. The van der Waals surface area contributed by atoms with E-state index in [2.05, 4.69) is 0 Å². The van der Waals surface area contributed by atoms with Crippen molar-refractivity contribution in [3.8, 4) is 5.75 Å². The first kappa shape index (κ1) is 24.0. The fourth-order valence-corrected chi connectivity index (χ4v) is 5.49. The second kappa shape index (κ2) is 7.98. The van der Waals surface area contributed by atoms with E-state index in [0.29, 0.717) is 11.3 Å². The van der Waals surface area contributed by atoms with Crippen LogP contribution in [0.4, 0.5) is 5.69 Å². The first-order valence-electron chi connectivity index (χ1n) is 10.8. The standard InChI is InChI=1S/C24H25N3O8/c1-27(2)14-6-12(10(7-25)8-28)19(30)17-13(14)4-9-3-11-5-15(29)18(23(26)34)22(33)24(11,35)21(32)16(9)20(17)31/h6-9,11,25,28,30-31,33,35H,3-5H2,1-2H3,(H2,26,34)/p+1/b10-8+,25-7?/t9?,11?,24-/m0/s1. The molecule has 1 aromatic carbocycles. The fourth-order valence-electron chi connectivity index (χ4n) is 5.49. The zero-order chi connectivity index (χ0) is 26.0. The molecule has 184 valence electrons. The molecule has 1 amide bonds. The maximum atomic E-state index is 13.6. The van der Waals surface area contributed by atoms with Crippen LogP contribution in [-0.4, -0.2) is 68.9 Å². The molecule has 0 radical (unpaired) electrons. The van der Waals surface area contributed by atoms with E-state index in [9.17, 15) is 34.8 Å². The Kier molecular flexibility index (Phi) is 5.48. The number of benzene rings is 1. The van der Waals surface area contributed by atoms with E-state index in [1.165, 1.54) is 0 Å². The van der Waals surface area contributed by atoms with E-state index in [1.807, 2.05) is 0 Å². The van der Waals surface area contributed by atoms with Gasteiger partial charge in [0.15, 0.2) is 11.4 Å². The van der Waals surface area contributed by atoms with Crippen molar-refractivity contribution in [3.63, 3.8) is 0 Å². The summed E-state index contributed by atoms with van der Waals surface area (Å²) in [5.74, 6) is -7.01. The number of phenolic OH excluding ortho intramolecular Hbond substituents is 1. The van der Waals surface area contributed by atoms with Gasteiger partial charge in [-0.25, -0.2) is 0 Å². The first-order valence-corrected chi connectivity index (χ1v) is 10.8. The number of fused-ring (bicyclic) bond motifs is 3. The minimum atomic E-state index is -2.63. The van der Waals surface area contributed by atoms with Crippen LogP contribution in [0.15, 0.2) is 29.2 Å². The van der Waals surface area contributed by atoms with Gasteiger partial charge in [0.2, 0.25) is 12.0 Å². The number of primary amides is 1. The summed E-state index contributed by atoms with van der Waals surface area (Å²) in [6.45, 7) is 0. The molecule has 0 heterocycles. The number of carbonyl (C=O) groups excluding carboxylic acids is 3. The molecule has 3 aliphatic carbocycles. The average Bonchev–Trinajstić information content (AvgIpc) is 2.77. The Balaban J connectivity index is 2.00. The summed E-state index contributed by atoms with van der Waals surface area (Å²) < 4.78 is 0. The lowest BCUT2D eigenvalue weighted by Crippen LogP contribution is -2.58. The number of allylic oxidation sites excluding steroid dienone is 1. The number of aromatic hydroxyl groups is 1. The second-order valence-electron chi connectivity index (χ2n) is 9.19.